The van der Waals surface area contributed by atoms with Crippen LogP contribution in [0.2, 0.25) is 0 Å². The number of carbonyl (C=O) groups is 2. The number of nitrogens with zero attached hydrogens (tertiary/aromatic N) is 2. The highest BCUT2D eigenvalue weighted by Gasteiger charge is 2.35. The first-order valence-corrected chi connectivity index (χ1v) is 11.1. The summed E-state index contributed by atoms with van der Waals surface area (Å²) in [6.45, 7) is 6.15. The number of carbonyl (C=O) groups excluding carboxylic acids is 2. The lowest BCUT2D eigenvalue weighted by Gasteiger charge is -2.40. The van der Waals surface area contributed by atoms with Gasteiger partial charge in [0.25, 0.3) is 5.91 Å². The van der Waals surface area contributed by atoms with Gasteiger partial charge in [-0.15, -0.1) is 0 Å². The van der Waals surface area contributed by atoms with Gasteiger partial charge in [-0.05, 0) is 58.4 Å². The van der Waals surface area contributed by atoms with Gasteiger partial charge in [-0.1, -0.05) is 35.5 Å². The lowest BCUT2D eigenvalue weighted by atomic mass is 9.92. The minimum atomic E-state index is -0.550. The second-order valence-corrected chi connectivity index (χ2v) is 9.60. The molecule has 2 aliphatic rings. The van der Waals surface area contributed by atoms with Crippen LogP contribution in [0.15, 0.2) is 40.9 Å². The van der Waals surface area contributed by atoms with Crippen LogP contribution in [-0.4, -0.2) is 46.3 Å². The monoisotopic (exact) mass is 425 g/mol. The van der Waals surface area contributed by atoms with E-state index in [2.05, 4.69) is 22.6 Å². The molecular weight excluding hydrogens is 394 g/mol. The molecule has 2 unspecified atom stereocenters. The minimum absolute atomic E-state index is 0.0408. The van der Waals surface area contributed by atoms with E-state index < -0.39 is 5.60 Å². The maximum absolute atomic E-state index is 12.8. The van der Waals surface area contributed by atoms with E-state index >= 15 is 0 Å². The Balaban J connectivity index is 1.43. The number of hydrogen-bond donors (Lipinski definition) is 1. The molecule has 31 heavy (non-hydrogen) atoms. The zero-order valence-corrected chi connectivity index (χ0v) is 18.5. The van der Waals surface area contributed by atoms with Crippen LogP contribution in [-0.2, 0) is 11.2 Å². The van der Waals surface area contributed by atoms with Crippen LogP contribution in [0.3, 0.4) is 0 Å². The molecule has 1 aromatic heterocycles. The highest BCUT2D eigenvalue weighted by molar-refractivity contribution is 5.92. The Bertz CT molecular complexity index is 914. The third-order valence-corrected chi connectivity index (χ3v) is 5.73. The maximum atomic E-state index is 12.8. The lowest BCUT2D eigenvalue weighted by Crippen LogP contribution is -2.53. The minimum Gasteiger partial charge on any atom is -0.444 e. The molecule has 2 amide bonds. The second kappa shape index (κ2) is 8.73. The number of rotatable bonds is 5. The Kier molecular flexibility index (Phi) is 6.03. The summed E-state index contributed by atoms with van der Waals surface area (Å²) in [5, 5.41) is 7.03. The first-order chi connectivity index (χ1) is 14.8. The summed E-state index contributed by atoms with van der Waals surface area (Å²) in [4.78, 5) is 27.3. The molecule has 7 nitrogen and oxygen atoms in total. The van der Waals surface area contributed by atoms with Crippen molar-refractivity contribution in [1.82, 2.24) is 15.4 Å². The molecule has 0 spiro atoms. The van der Waals surface area contributed by atoms with Gasteiger partial charge in [0.15, 0.2) is 5.69 Å². The van der Waals surface area contributed by atoms with Crippen molar-refractivity contribution in [3.63, 3.8) is 0 Å². The van der Waals surface area contributed by atoms with E-state index in [1.165, 1.54) is 0 Å². The standard InChI is InChI=1S/C24H31N3O4/c1-24(2,3)30-23(29)27-12-11-18(14-19(27)13-16-7-5-4-6-8-16)25-22(28)20-15-21(31-26-20)17-9-10-17/h4-8,15,17-19H,9-14H2,1-3H3,(H,25,28). The molecular formula is C24H31N3O4. The number of aromatic nitrogens is 1. The third-order valence-electron chi connectivity index (χ3n) is 5.73. The molecule has 2 aromatic rings. The van der Waals surface area contributed by atoms with E-state index in [-0.39, 0.29) is 24.1 Å². The Hall–Kier alpha value is -2.83. The number of likely N-dealkylation sites (tertiary alicyclic amines) is 1. The molecule has 1 saturated heterocycles. The van der Waals surface area contributed by atoms with Gasteiger partial charge in [-0.3, -0.25) is 4.79 Å². The fourth-order valence-electron chi connectivity index (χ4n) is 4.04. The lowest BCUT2D eigenvalue weighted by molar-refractivity contribution is 0.00730. The second-order valence-electron chi connectivity index (χ2n) is 9.60. The van der Waals surface area contributed by atoms with Crippen molar-refractivity contribution >= 4 is 12.0 Å². The van der Waals surface area contributed by atoms with Crippen LogP contribution in [0.5, 0.6) is 0 Å². The predicted molar refractivity (Wildman–Crippen MR) is 116 cm³/mol. The molecule has 1 N–H and O–H groups in total. The Morgan fingerprint density at radius 1 is 1.19 bits per heavy atom. The van der Waals surface area contributed by atoms with Crippen LogP contribution < -0.4 is 5.32 Å². The number of amides is 2. The summed E-state index contributed by atoms with van der Waals surface area (Å²) in [5.41, 5.74) is 0.931. The highest BCUT2D eigenvalue weighted by atomic mass is 16.6. The molecule has 0 bridgehead atoms. The van der Waals surface area contributed by atoms with Crippen molar-refractivity contribution in [2.75, 3.05) is 6.54 Å². The number of piperidine rings is 1. The van der Waals surface area contributed by atoms with Gasteiger partial charge in [0.2, 0.25) is 0 Å². The molecule has 7 heteroatoms. The molecule has 2 atom stereocenters. The van der Waals surface area contributed by atoms with E-state index in [4.69, 9.17) is 9.26 Å². The number of benzene rings is 1. The average molecular weight is 426 g/mol. The molecule has 2 fully saturated rings. The molecule has 1 aliphatic heterocycles. The Morgan fingerprint density at radius 3 is 2.61 bits per heavy atom. The molecule has 4 rings (SSSR count). The van der Waals surface area contributed by atoms with E-state index in [1.807, 2.05) is 43.9 Å². The predicted octanol–water partition coefficient (Wildman–Crippen LogP) is 4.29. The molecule has 2 heterocycles. The molecule has 1 aromatic carbocycles. The van der Waals surface area contributed by atoms with E-state index in [9.17, 15) is 9.59 Å². The summed E-state index contributed by atoms with van der Waals surface area (Å²) < 4.78 is 11.0. The van der Waals surface area contributed by atoms with Crippen molar-refractivity contribution in [3.05, 3.63) is 53.4 Å². The largest absolute Gasteiger partial charge is 0.444 e. The molecule has 1 saturated carbocycles. The summed E-state index contributed by atoms with van der Waals surface area (Å²) in [5.74, 6) is 0.998. The smallest absolute Gasteiger partial charge is 0.410 e. The fraction of sp³-hybridized carbons (Fsp3) is 0.542. The van der Waals surface area contributed by atoms with Gasteiger partial charge in [-0.2, -0.15) is 0 Å². The van der Waals surface area contributed by atoms with Crippen molar-refractivity contribution in [2.24, 2.45) is 0 Å². The molecule has 1 aliphatic carbocycles. The molecule has 166 valence electrons. The normalized spacial score (nSPS) is 21.6. The van der Waals surface area contributed by atoms with Gasteiger partial charge in [0.1, 0.15) is 11.4 Å². The van der Waals surface area contributed by atoms with Crippen LogP contribution >= 0.6 is 0 Å². The van der Waals surface area contributed by atoms with Crippen molar-refractivity contribution in [1.29, 1.82) is 0 Å². The first-order valence-electron chi connectivity index (χ1n) is 11.1. The Morgan fingerprint density at radius 2 is 1.94 bits per heavy atom. The van der Waals surface area contributed by atoms with Crippen LogP contribution in [0.4, 0.5) is 4.79 Å². The number of hydrogen-bond acceptors (Lipinski definition) is 5. The summed E-state index contributed by atoms with van der Waals surface area (Å²) in [6.07, 6.45) is 3.93. The maximum Gasteiger partial charge on any atom is 0.410 e. The fourth-order valence-corrected chi connectivity index (χ4v) is 4.04. The zero-order valence-electron chi connectivity index (χ0n) is 18.5. The van der Waals surface area contributed by atoms with Gasteiger partial charge in [0, 0.05) is 30.6 Å². The van der Waals surface area contributed by atoms with Crippen LogP contribution in [0.25, 0.3) is 0 Å². The quantitative estimate of drug-likeness (QED) is 0.772. The molecule has 0 radical (unpaired) electrons. The SMILES string of the molecule is CC(C)(C)OC(=O)N1CCC(NC(=O)c2cc(C3CC3)on2)CC1Cc1ccccc1. The number of nitrogens with one attached hydrogen (secondary N) is 1. The van der Waals surface area contributed by atoms with Crippen molar-refractivity contribution in [3.8, 4) is 0 Å². The van der Waals surface area contributed by atoms with E-state index in [1.54, 1.807) is 6.07 Å². The average Bonchev–Trinajstić information content (AvgIpc) is 3.44. The van der Waals surface area contributed by atoms with E-state index in [0.717, 1.165) is 24.2 Å². The third kappa shape index (κ3) is 5.66. The van der Waals surface area contributed by atoms with Crippen LogP contribution in [0.1, 0.15) is 74.2 Å². The van der Waals surface area contributed by atoms with Gasteiger partial charge >= 0.3 is 6.09 Å². The summed E-state index contributed by atoms with van der Waals surface area (Å²) in [6, 6.07) is 11.7. The van der Waals surface area contributed by atoms with Gasteiger partial charge in [0.05, 0.1) is 0 Å². The highest BCUT2D eigenvalue weighted by Crippen LogP contribution is 2.40. The summed E-state index contributed by atoms with van der Waals surface area (Å²) in [7, 11) is 0. The van der Waals surface area contributed by atoms with Crippen molar-refractivity contribution in [2.45, 2.75) is 76.5 Å². The van der Waals surface area contributed by atoms with Gasteiger partial charge in [-0.25, -0.2) is 4.79 Å². The van der Waals surface area contributed by atoms with E-state index in [0.29, 0.717) is 37.4 Å². The van der Waals surface area contributed by atoms with Gasteiger partial charge < -0.3 is 19.5 Å². The Labute approximate surface area is 183 Å². The number of ether oxygens (including phenoxy) is 1. The van der Waals surface area contributed by atoms with Crippen LogP contribution in [0, 0.1) is 0 Å². The zero-order chi connectivity index (χ0) is 22.0. The first kappa shape index (κ1) is 21.4. The topological polar surface area (TPSA) is 84.7 Å². The summed E-state index contributed by atoms with van der Waals surface area (Å²) >= 11 is 0. The van der Waals surface area contributed by atoms with Crippen molar-refractivity contribution < 1.29 is 18.8 Å².